The van der Waals surface area contributed by atoms with Crippen molar-refractivity contribution >= 4 is 17.5 Å². The van der Waals surface area contributed by atoms with Crippen molar-refractivity contribution in [3.8, 4) is 0 Å². The van der Waals surface area contributed by atoms with Crippen molar-refractivity contribution in [2.45, 2.75) is 27.2 Å². The van der Waals surface area contributed by atoms with Crippen LogP contribution in [0.4, 0.5) is 11.6 Å². The first kappa shape index (κ1) is 19.1. The number of anilines is 2. The Hall–Kier alpha value is -2.70. The van der Waals surface area contributed by atoms with Crippen molar-refractivity contribution in [1.82, 2.24) is 20.3 Å². The zero-order chi connectivity index (χ0) is 19.2. The van der Waals surface area contributed by atoms with Crippen molar-refractivity contribution in [2.75, 3.05) is 42.5 Å². The fourth-order valence-electron chi connectivity index (χ4n) is 3.10. The van der Waals surface area contributed by atoms with Crippen LogP contribution in [0, 0.1) is 12.8 Å². The van der Waals surface area contributed by atoms with Gasteiger partial charge in [0.15, 0.2) is 0 Å². The van der Waals surface area contributed by atoms with Crippen LogP contribution in [0.3, 0.4) is 0 Å². The van der Waals surface area contributed by atoms with Crippen LogP contribution in [0.25, 0.3) is 0 Å². The van der Waals surface area contributed by atoms with Crippen molar-refractivity contribution in [3.63, 3.8) is 0 Å². The average Bonchev–Trinajstić information content (AvgIpc) is 2.68. The molecule has 0 atom stereocenters. The first-order chi connectivity index (χ1) is 13.0. The van der Waals surface area contributed by atoms with Gasteiger partial charge >= 0.3 is 0 Å². The third kappa shape index (κ3) is 5.15. The predicted octanol–water partition coefficient (Wildman–Crippen LogP) is 2.28. The van der Waals surface area contributed by atoms with Crippen LogP contribution in [0.2, 0.25) is 0 Å². The quantitative estimate of drug-likeness (QED) is 0.843. The van der Waals surface area contributed by atoms with Gasteiger partial charge in [0.05, 0.1) is 0 Å². The van der Waals surface area contributed by atoms with Crippen molar-refractivity contribution < 1.29 is 4.79 Å². The van der Waals surface area contributed by atoms with Crippen molar-refractivity contribution in [2.24, 2.45) is 5.92 Å². The monoisotopic (exact) mass is 368 g/mol. The highest BCUT2D eigenvalue weighted by Crippen LogP contribution is 2.18. The number of aryl methyl sites for hydroxylation is 1. The molecule has 2 aromatic heterocycles. The number of hydrogen-bond acceptors (Lipinski definition) is 6. The SMILES string of the molecule is Cc1nc(C(=O)NCCC(C)C)cc(N2CCN(c3ccccn3)CC2)n1. The number of piperazine rings is 1. The maximum atomic E-state index is 12.4. The summed E-state index contributed by atoms with van der Waals surface area (Å²) in [5.41, 5.74) is 0.438. The number of hydrogen-bond donors (Lipinski definition) is 1. The molecule has 0 radical (unpaired) electrons. The molecule has 0 spiro atoms. The summed E-state index contributed by atoms with van der Waals surface area (Å²) in [5.74, 6) is 2.87. The van der Waals surface area contributed by atoms with Gasteiger partial charge in [-0.3, -0.25) is 4.79 Å². The molecule has 1 aliphatic rings. The van der Waals surface area contributed by atoms with Gasteiger partial charge in [-0.1, -0.05) is 19.9 Å². The second-order valence-corrected chi connectivity index (χ2v) is 7.26. The summed E-state index contributed by atoms with van der Waals surface area (Å²) in [7, 11) is 0. The number of nitrogens with zero attached hydrogens (tertiary/aromatic N) is 5. The average molecular weight is 368 g/mol. The van der Waals surface area contributed by atoms with E-state index >= 15 is 0 Å². The predicted molar refractivity (Wildman–Crippen MR) is 107 cm³/mol. The highest BCUT2D eigenvalue weighted by Gasteiger charge is 2.21. The van der Waals surface area contributed by atoms with Gasteiger partial charge in [-0.2, -0.15) is 0 Å². The van der Waals surface area contributed by atoms with Gasteiger partial charge in [0, 0.05) is 45.0 Å². The van der Waals surface area contributed by atoms with Gasteiger partial charge in [0.1, 0.15) is 23.2 Å². The first-order valence-corrected chi connectivity index (χ1v) is 9.58. The molecule has 3 rings (SSSR count). The Balaban J connectivity index is 1.63. The lowest BCUT2D eigenvalue weighted by atomic mass is 10.1. The first-order valence-electron chi connectivity index (χ1n) is 9.58. The number of pyridine rings is 1. The summed E-state index contributed by atoms with van der Waals surface area (Å²) in [5, 5.41) is 2.95. The minimum absolute atomic E-state index is 0.130. The number of aromatic nitrogens is 3. The van der Waals surface area contributed by atoms with Crippen LogP contribution >= 0.6 is 0 Å². The van der Waals surface area contributed by atoms with E-state index in [2.05, 4.69) is 43.9 Å². The molecule has 144 valence electrons. The lowest BCUT2D eigenvalue weighted by molar-refractivity contribution is 0.0946. The number of amides is 1. The Morgan fingerprint density at radius 1 is 1.11 bits per heavy atom. The molecule has 0 aliphatic carbocycles. The van der Waals surface area contributed by atoms with Crippen LogP contribution in [0.1, 0.15) is 36.6 Å². The van der Waals surface area contributed by atoms with Crippen LogP contribution in [-0.2, 0) is 0 Å². The van der Waals surface area contributed by atoms with Gasteiger partial charge in [-0.25, -0.2) is 15.0 Å². The summed E-state index contributed by atoms with van der Waals surface area (Å²) in [6.45, 7) is 10.2. The molecule has 1 saturated heterocycles. The fraction of sp³-hybridized carbons (Fsp3) is 0.500. The number of rotatable bonds is 6. The largest absolute Gasteiger partial charge is 0.353 e. The molecular weight excluding hydrogens is 340 g/mol. The topological polar surface area (TPSA) is 74.2 Å². The van der Waals surface area contributed by atoms with Crippen molar-refractivity contribution in [3.05, 3.63) is 42.0 Å². The lowest BCUT2D eigenvalue weighted by Crippen LogP contribution is -2.47. The van der Waals surface area contributed by atoms with E-state index in [4.69, 9.17) is 0 Å². The van der Waals surface area contributed by atoms with Crippen LogP contribution in [0.5, 0.6) is 0 Å². The Labute approximate surface area is 160 Å². The van der Waals surface area contributed by atoms with Gasteiger partial charge in [-0.05, 0) is 31.4 Å². The van der Waals surface area contributed by atoms with Gasteiger partial charge in [0.25, 0.3) is 5.91 Å². The summed E-state index contributed by atoms with van der Waals surface area (Å²) in [6, 6.07) is 7.77. The molecule has 2 aromatic rings. The summed E-state index contributed by atoms with van der Waals surface area (Å²) in [4.78, 5) is 30.2. The molecule has 1 amide bonds. The summed E-state index contributed by atoms with van der Waals surface area (Å²) >= 11 is 0. The van der Waals surface area contributed by atoms with E-state index in [0.717, 1.165) is 44.2 Å². The van der Waals surface area contributed by atoms with Crippen molar-refractivity contribution in [1.29, 1.82) is 0 Å². The van der Waals surface area contributed by atoms with Crippen LogP contribution in [0.15, 0.2) is 30.5 Å². The maximum absolute atomic E-state index is 12.4. The van der Waals surface area contributed by atoms with E-state index in [1.54, 1.807) is 6.07 Å². The molecule has 1 N–H and O–H groups in total. The van der Waals surface area contributed by atoms with Gasteiger partial charge in [-0.15, -0.1) is 0 Å². The third-order valence-electron chi connectivity index (χ3n) is 4.64. The van der Waals surface area contributed by atoms with E-state index in [0.29, 0.717) is 24.0 Å². The standard InChI is InChI=1S/C20H28N6O/c1-15(2)7-9-22-20(27)17-14-19(24-16(3)23-17)26-12-10-25(11-13-26)18-6-4-5-8-21-18/h4-6,8,14-15H,7,9-13H2,1-3H3,(H,22,27). The van der Waals surface area contributed by atoms with Gasteiger partial charge in [0.2, 0.25) is 0 Å². The van der Waals surface area contributed by atoms with Gasteiger partial charge < -0.3 is 15.1 Å². The van der Waals surface area contributed by atoms with Crippen LogP contribution < -0.4 is 15.1 Å². The second-order valence-electron chi connectivity index (χ2n) is 7.26. The molecule has 0 bridgehead atoms. The fourth-order valence-corrected chi connectivity index (χ4v) is 3.10. The number of carbonyl (C=O) groups is 1. The Kier molecular flexibility index (Phi) is 6.21. The second kappa shape index (κ2) is 8.79. The van der Waals surface area contributed by atoms with E-state index in [-0.39, 0.29) is 5.91 Å². The molecule has 27 heavy (non-hydrogen) atoms. The smallest absolute Gasteiger partial charge is 0.270 e. The van der Waals surface area contributed by atoms with E-state index in [1.165, 1.54) is 0 Å². The molecular formula is C20H28N6O. The third-order valence-corrected chi connectivity index (χ3v) is 4.64. The summed E-state index contributed by atoms with van der Waals surface area (Å²) in [6.07, 6.45) is 2.78. The van der Waals surface area contributed by atoms with E-state index in [9.17, 15) is 4.79 Å². The molecule has 0 aromatic carbocycles. The number of nitrogens with one attached hydrogen (secondary N) is 1. The lowest BCUT2D eigenvalue weighted by Gasteiger charge is -2.36. The summed E-state index contributed by atoms with van der Waals surface area (Å²) < 4.78 is 0. The highest BCUT2D eigenvalue weighted by atomic mass is 16.1. The minimum atomic E-state index is -0.130. The minimum Gasteiger partial charge on any atom is -0.353 e. The molecule has 7 nitrogen and oxygen atoms in total. The van der Waals surface area contributed by atoms with E-state index in [1.807, 2.05) is 31.3 Å². The molecule has 0 saturated carbocycles. The molecule has 1 aliphatic heterocycles. The zero-order valence-corrected chi connectivity index (χ0v) is 16.4. The zero-order valence-electron chi connectivity index (χ0n) is 16.4. The normalized spacial score (nSPS) is 14.5. The number of carbonyl (C=O) groups excluding carboxylic acids is 1. The van der Waals surface area contributed by atoms with Crippen LogP contribution in [-0.4, -0.2) is 53.6 Å². The molecule has 7 heteroatoms. The Bertz CT molecular complexity index is 756. The van der Waals surface area contributed by atoms with E-state index < -0.39 is 0 Å². The molecule has 0 unspecified atom stereocenters. The Morgan fingerprint density at radius 2 is 1.81 bits per heavy atom. The Morgan fingerprint density at radius 3 is 2.44 bits per heavy atom. The molecule has 3 heterocycles. The molecule has 1 fully saturated rings. The maximum Gasteiger partial charge on any atom is 0.270 e. The highest BCUT2D eigenvalue weighted by molar-refractivity contribution is 5.92.